The summed E-state index contributed by atoms with van der Waals surface area (Å²) in [4.78, 5) is 26.4. The fourth-order valence-corrected chi connectivity index (χ4v) is 4.19. The lowest BCUT2D eigenvalue weighted by Crippen LogP contribution is -2.20. The maximum atomic E-state index is 12.9. The van der Waals surface area contributed by atoms with Gasteiger partial charge in [-0.3, -0.25) is 9.36 Å². The van der Waals surface area contributed by atoms with Crippen molar-refractivity contribution in [3.05, 3.63) is 80.2 Å². The number of ketones is 1. The van der Waals surface area contributed by atoms with E-state index in [0.29, 0.717) is 16.7 Å². The van der Waals surface area contributed by atoms with Crippen LogP contribution in [0.5, 0.6) is 0 Å². The highest BCUT2D eigenvalue weighted by Gasteiger charge is 2.19. The average Bonchev–Trinajstić information content (AvgIpc) is 3.34. The molecule has 6 heteroatoms. The predicted octanol–water partition coefficient (Wildman–Crippen LogP) is 4.20. The number of aryl methyl sites for hydroxylation is 2. The number of aromatic nitrogens is 2. The van der Waals surface area contributed by atoms with Crippen molar-refractivity contribution in [1.29, 1.82) is 0 Å². The lowest BCUT2D eigenvalue weighted by molar-refractivity contribution is 0.0970. The number of hydrogen-bond acceptors (Lipinski definition) is 4. The van der Waals surface area contributed by atoms with E-state index in [0.717, 1.165) is 24.4 Å². The van der Waals surface area contributed by atoms with Gasteiger partial charge in [-0.1, -0.05) is 18.2 Å². The van der Waals surface area contributed by atoms with E-state index >= 15 is 0 Å². The van der Waals surface area contributed by atoms with Crippen LogP contribution in [-0.2, 0) is 19.5 Å². The molecule has 0 amide bonds. The van der Waals surface area contributed by atoms with E-state index in [4.69, 9.17) is 4.42 Å². The molecule has 0 bridgehead atoms. The molecule has 0 aliphatic carbocycles. The first-order valence-corrected chi connectivity index (χ1v) is 9.73. The molecule has 0 fully saturated rings. The second-order valence-corrected chi connectivity index (χ2v) is 7.64. The molecule has 4 rings (SSSR count). The van der Waals surface area contributed by atoms with Crippen LogP contribution >= 0.6 is 11.3 Å². The number of carbonyl (C=O) groups is 1. The summed E-state index contributed by atoms with van der Waals surface area (Å²) in [5.74, 6) is -0.588. The molecule has 3 heterocycles. The molecule has 1 aromatic carbocycles. The van der Waals surface area contributed by atoms with Crippen LogP contribution in [0, 0.1) is 13.8 Å². The number of rotatable bonds is 6. The summed E-state index contributed by atoms with van der Waals surface area (Å²) in [5.41, 5.74) is 3.79. The van der Waals surface area contributed by atoms with Crippen LogP contribution < -0.4 is 5.76 Å². The smallest absolute Gasteiger partial charge is 0.408 e. The molecule has 0 atom stereocenters. The molecule has 0 unspecified atom stereocenters. The van der Waals surface area contributed by atoms with Crippen LogP contribution in [-0.4, -0.2) is 14.9 Å². The van der Waals surface area contributed by atoms with E-state index in [2.05, 4.69) is 22.1 Å². The number of oxazole rings is 1. The minimum atomic E-state index is -0.504. The summed E-state index contributed by atoms with van der Waals surface area (Å²) >= 11 is 1.74. The van der Waals surface area contributed by atoms with Gasteiger partial charge in [0.2, 0.25) is 0 Å². The van der Waals surface area contributed by atoms with Crippen LogP contribution in [0.25, 0.3) is 11.1 Å². The summed E-state index contributed by atoms with van der Waals surface area (Å²) in [6.07, 6.45) is 0.938. The Hall–Kier alpha value is -2.86. The highest BCUT2D eigenvalue weighted by atomic mass is 32.1. The number of para-hydroxylation sites is 2. The van der Waals surface area contributed by atoms with Crippen molar-refractivity contribution >= 4 is 28.2 Å². The Kier molecular flexibility index (Phi) is 4.58. The minimum Gasteiger partial charge on any atom is -0.408 e. The summed E-state index contributed by atoms with van der Waals surface area (Å²) in [6.45, 7) is 4.79. The van der Waals surface area contributed by atoms with Gasteiger partial charge in [0.05, 0.1) is 12.1 Å². The van der Waals surface area contributed by atoms with Crippen molar-refractivity contribution in [2.45, 2.75) is 33.4 Å². The zero-order valence-corrected chi connectivity index (χ0v) is 16.1. The second-order valence-electron chi connectivity index (χ2n) is 6.61. The van der Waals surface area contributed by atoms with Gasteiger partial charge in [-0.2, -0.15) is 0 Å². The van der Waals surface area contributed by atoms with Crippen molar-refractivity contribution < 1.29 is 9.21 Å². The number of hydrogen-bond donors (Lipinski definition) is 0. The molecule has 0 saturated carbocycles. The van der Waals surface area contributed by atoms with E-state index in [-0.39, 0.29) is 12.3 Å². The second kappa shape index (κ2) is 7.04. The quantitative estimate of drug-likeness (QED) is 0.471. The number of carbonyl (C=O) groups excluding carboxylic acids is 1. The van der Waals surface area contributed by atoms with Crippen LogP contribution in [0.3, 0.4) is 0 Å². The highest BCUT2D eigenvalue weighted by molar-refractivity contribution is 7.09. The van der Waals surface area contributed by atoms with Crippen molar-refractivity contribution in [2.24, 2.45) is 0 Å². The Bertz CT molecular complexity index is 1160. The predicted molar refractivity (Wildman–Crippen MR) is 107 cm³/mol. The van der Waals surface area contributed by atoms with Crippen molar-refractivity contribution in [3.63, 3.8) is 0 Å². The Balaban J connectivity index is 1.59. The van der Waals surface area contributed by atoms with Crippen LogP contribution in [0.15, 0.2) is 57.1 Å². The number of fused-ring (bicyclic) bond motifs is 1. The standard InChI is InChI=1S/C21H20N2O3S/c1-14-12-17(15(2)22(14)10-9-16-6-5-11-27-16)19(24)13-23-18-7-3-4-8-20(18)26-21(23)25/h3-8,11-12H,9-10,13H2,1-2H3. The molecule has 0 saturated heterocycles. The van der Waals surface area contributed by atoms with Gasteiger partial charge in [-0.05, 0) is 49.9 Å². The van der Waals surface area contributed by atoms with Crippen LogP contribution in [0.2, 0.25) is 0 Å². The molecule has 0 aliphatic heterocycles. The lowest BCUT2D eigenvalue weighted by Gasteiger charge is -2.09. The van der Waals surface area contributed by atoms with E-state index in [9.17, 15) is 9.59 Å². The van der Waals surface area contributed by atoms with Gasteiger partial charge in [-0.25, -0.2) is 4.79 Å². The fourth-order valence-electron chi connectivity index (χ4n) is 3.50. The van der Waals surface area contributed by atoms with Gasteiger partial charge in [0.15, 0.2) is 11.4 Å². The Morgan fingerprint density at radius 3 is 2.70 bits per heavy atom. The maximum absolute atomic E-state index is 12.9. The van der Waals surface area contributed by atoms with Gasteiger partial charge < -0.3 is 8.98 Å². The van der Waals surface area contributed by atoms with Gasteiger partial charge in [0, 0.05) is 28.4 Å². The first kappa shape index (κ1) is 17.5. The molecule has 0 spiro atoms. The largest absolute Gasteiger partial charge is 0.420 e. The van der Waals surface area contributed by atoms with Gasteiger partial charge in [-0.15, -0.1) is 11.3 Å². The topological polar surface area (TPSA) is 57.1 Å². The van der Waals surface area contributed by atoms with Gasteiger partial charge in [0.1, 0.15) is 0 Å². The average molecular weight is 380 g/mol. The zero-order valence-electron chi connectivity index (χ0n) is 15.3. The Morgan fingerprint density at radius 2 is 1.93 bits per heavy atom. The Labute approximate surface area is 160 Å². The van der Waals surface area contributed by atoms with Crippen molar-refractivity contribution in [1.82, 2.24) is 9.13 Å². The van der Waals surface area contributed by atoms with E-state index < -0.39 is 5.76 Å². The molecular formula is C21H20N2O3S. The van der Waals surface area contributed by atoms with Crippen molar-refractivity contribution in [3.8, 4) is 0 Å². The highest BCUT2D eigenvalue weighted by Crippen LogP contribution is 2.19. The van der Waals surface area contributed by atoms with Crippen LogP contribution in [0.4, 0.5) is 0 Å². The number of Topliss-reactive ketones (excluding diaryl/α,β-unsaturated/α-hetero) is 1. The van der Waals surface area contributed by atoms with Gasteiger partial charge in [0.25, 0.3) is 0 Å². The monoisotopic (exact) mass is 380 g/mol. The number of thiophene rings is 1. The van der Waals surface area contributed by atoms with E-state index in [1.807, 2.05) is 26.0 Å². The molecule has 27 heavy (non-hydrogen) atoms. The summed E-state index contributed by atoms with van der Waals surface area (Å²) in [6, 6.07) is 13.2. The van der Waals surface area contributed by atoms with E-state index in [1.54, 1.807) is 29.5 Å². The number of nitrogens with zero attached hydrogens (tertiary/aromatic N) is 2. The van der Waals surface area contributed by atoms with Crippen molar-refractivity contribution in [2.75, 3.05) is 0 Å². The molecule has 3 aromatic heterocycles. The molecule has 138 valence electrons. The molecule has 0 aliphatic rings. The van der Waals surface area contributed by atoms with Crippen LogP contribution in [0.1, 0.15) is 26.6 Å². The molecule has 5 nitrogen and oxygen atoms in total. The Morgan fingerprint density at radius 1 is 1.11 bits per heavy atom. The molecular weight excluding hydrogens is 360 g/mol. The zero-order chi connectivity index (χ0) is 19.0. The first-order valence-electron chi connectivity index (χ1n) is 8.85. The lowest BCUT2D eigenvalue weighted by atomic mass is 10.1. The molecule has 0 N–H and O–H groups in total. The fraction of sp³-hybridized carbons (Fsp3) is 0.238. The third kappa shape index (κ3) is 3.28. The summed E-state index contributed by atoms with van der Waals surface area (Å²) in [5, 5.41) is 2.08. The van der Waals surface area contributed by atoms with E-state index in [1.165, 1.54) is 9.44 Å². The first-order chi connectivity index (χ1) is 13.0. The minimum absolute atomic E-state index is 0.0228. The normalized spacial score (nSPS) is 11.3. The third-order valence-electron chi connectivity index (χ3n) is 4.91. The molecule has 0 radical (unpaired) electrons. The third-order valence-corrected chi connectivity index (χ3v) is 5.85. The number of benzene rings is 1. The maximum Gasteiger partial charge on any atom is 0.420 e. The summed E-state index contributed by atoms with van der Waals surface area (Å²) in [7, 11) is 0. The van der Waals surface area contributed by atoms with Gasteiger partial charge >= 0.3 is 5.76 Å². The SMILES string of the molecule is Cc1cc(C(=O)Cn2c(=O)oc3ccccc32)c(C)n1CCc1cccs1. The molecule has 4 aromatic rings. The summed E-state index contributed by atoms with van der Waals surface area (Å²) < 4.78 is 8.79.